The predicted octanol–water partition coefficient (Wildman–Crippen LogP) is 6.74. The van der Waals surface area contributed by atoms with Gasteiger partial charge in [0.15, 0.2) is 17.1 Å². The molecular weight excluding hydrogens is 470 g/mol. The minimum absolute atomic E-state index is 0.0125. The Morgan fingerprint density at radius 1 is 1.16 bits per heavy atom. The van der Waals surface area contributed by atoms with E-state index >= 15 is 0 Å². The SMILES string of the molecule is COc1ccc2c(O)c(C=C3N=Nc4ccccc43)oc2c1C#CC1CCN(C(=O)OC(C)(C)C)CC1. The van der Waals surface area contributed by atoms with Gasteiger partial charge in [0.25, 0.3) is 0 Å². The molecule has 5 rings (SSSR count). The van der Waals surface area contributed by atoms with E-state index in [0.29, 0.717) is 41.1 Å². The molecule has 0 radical (unpaired) electrons. The highest BCUT2D eigenvalue weighted by Gasteiger charge is 2.26. The van der Waals surface area contributed by atoms with Crippen LogP contribution in [0.4, 0.5) is 10.5 Å². The van der Waals surface area contributed by atoms with E-state index in [0.717, 1.165) is 24.1 Å². The summed E-state index contributed by atoms with van der Waals surface area (Å²) in [6.45, 7) is 6.77. The van der Waals surface area contributed by atoms with Gasteiger partial charge in [-0.25, -0.2) is 4.79 Å². The summed E-state index contributed by atoms with van der Waals surface area (Å²) in [4.78, 5) is 14.1. The normalized spacial score (nSPS) is 16.5. The molecule has 0 saturated carbocycles. The number of hydrogen-bond acceptors (Lipinski definition) is 7. The predicted molar refractivity (Wildman–Crippen MR) is 141 cm³/mol. The largest absolute Gasteiger partial charge is 0.504 e. The third-order valence-corrected chi connectivity index (χ3v) is 6.30. The second-order valence-electron chi connectivity index (χ2n) is 10.1. The molecule has 0 aliphatic carbocycles. The van der Waals surface area contributed by atoms with Crippen molar-refractivity contribution in [2.24, 2.45) is 16.1 Å². The van der Waals surface area contributed by atoms with Crippen molar-refractivity contribution in [2.75, 3.05) is 20.2 Å². The third kappa shape index (κ3) is 5.03. The number of aromatic hydroxyl groups is 1. The number of rotatable bonds is 2. The molecule has 2 aliphatic rings. The van der Waals surface area contributed by atoms with Gasteiger partial charge in [-0.3, -0.25) is 0 Å². The summed E-state index contributed by atoms with van der Waals surface area (Å²) < 4.78 is 17.1. The number of fused-ring (bicyclic) bond motifs is 2. The van der Waals surface area contributed by atoms with E-state index in [2.05, 4.69) is 22.1 Å². The molecule has 8 nitrogen and oxygen atoms in total. The topological polar surface area (TPSA) is 96.9 Å². The molecule has 0 bridgehead atoms. The van der Waals surface area contributed by atoms with Gasteiger partial charge in [-0.15, -0.1) is 10.2 Å². The molecule has 190 valence electrons. The highest BCUT2D eigenvalue weighted by Crippen LogP contribution is 2.41. The lowest BCUT2D eigenvalue weighted by Gasteiger charge is -2.31. The van der Waals surface area contributed by atoms with Gasteiger partial charge in [-0.1, -0.05) is 30.0 Å². The first-order chi connectivity index (χ1) is 17.7. The second kappa shape index (κ2) is 9.66. The van der Waals surface area contributed by atoms with Crippen LogP contribution in [-0.2, 0) is 4.74 Å². The molecule has 37 heavy (non-hydrogen) atoms. The van der Waals surface area contributed by atoms with Gasteiger partial charge < -0.3 is 23.9 Å². The van der Waals surface area contributed by atoms with Crippen molar-refractivity contribution in [3.63, 3.8) is 0 Å². The molecule has 0 spiro atoms. The molecule has 1 aromatic heterocycles. The van der Waals surface area contributed by atoms with Crippen LogP contribution in [0.2, 0.25) is 0 Å². The number of carbonyl (C=O) groups excluding carboxylic acids is 1. The van der Waals surface area contributed by atoms with Gasteiger partial charge in [0, 0.05) is 30.6 Å². The van der Waals surface area contributed by atoms with Gasteiger partial charge in [-0.05, 0) is 51.8 Å². The zero-order chi connectivity index (χ0) is 26.2. The van der Waals surface area contributed by atoms with Crippen LogP contribution in [-0.4, -0.2) is 41.9 Å². The van der Waals surface area contributed by atoms with E-state index in [1.54, 1.807) is 30.2 Å². The van der Waals surface area contributed by atoms with Gasteiger partial charge in [-0.2, -0.15) is 0 Å². The van der Waals surface area contributed by atoms with Crippen molar-refractivity contribution in [2.45, 2.75) is 39.2 Å². The van der Waals surface area contributed by atoms with Crippen molar-refractivity contribution < 1.29 is 23.8 Å². The quantitative estimate of drug-likeness (QED) is 0.394. The van der Waals surface area contributed by atoms with Crippen LogP contribution in [0.25, 0.3) is 22.7 Å². The van der Waals surface area contributed by atoms with Crippen LogP contribution in [0.5, 0.6) is 11.5 Å². The molecule has 2 aromatic carbocycles. The molecule has 1 amide bonds. The Morgan fingerprint density at radius 2 is 1.92 bits per heavy atom. The van der Waals surface area contributed by atoms with E-state index in [1.807, 2.05) is 45.0 Å². The number of methoxy groups -OCH3 is 1. The summed E-state index contributed by atoms with van der Waals surface area (Å²) in [5.41, 5.74) is 2.76. The van der Waals surface area contributed by atoms with Crippen LogP contribution >= 0.6 is 0 Å². The summed E-state index contributed by atoms with van der Waals surface area (Å²) in [5.74, 6) is 7.52. The maximum absolute atomic E-state index is 12.4. The van der Waals surface area contributed by atoms with Gasteiger partial charge in [0.05, 0.1) is 23.9 Å². The van der Waals surface area contributed by atoms with Gasteiger partial charge >= 0.3 is 6.09 Å². The van der Waals surface area contributed by atoms with E-state index in [9.17, 15) is 9.90 Å². The van der Waals surface area contributed by atoms with E-state index in [-0.39, 0.29) is 23.5 Å². The number of likely N-dealkylation sites (tertiary alicyclic amines) is 1. The van der Waals surface area contributed by atoms with Crippen molar-refractivity contribution >= 4 is 34.5 Å². The number of ether oxygens (including phenoxy) is 2. The summed E-state index contributed by atoms with van der Waals surface area (Å²) in [6, 6.07) is 11.2. The molecule has 3 aromatic rings. The Balaban J connectivity index is 1.40. The number of carbonyl (C=O) groups is 1. The number of benzene rings is 2. The zero-order valence-electron chi connectivity index (χ0n) is 21.4. The highest BCUT2D eigenvalue weighted by molar-refractivity contribution is 5.96. The van der Waals surface area contributed by atoms with Crippen LogP contribution in [0.3, 0.4) is 0 Å². The minimum atomic E-state index is -0.517. The van der Waals surface area contributed by atoms with Crippen molar-refractivity contribution in [1.29, 1.82) is 0 Å². The van der Waals surface area contributed by atoms with Crippen molar-refractivity contribution in [1.82, 2.24) is 4.90 Å². The number of azo groups is 1. The average Bonchev–Trinajstić information content (AvgIpc) is 3.43. The first kappa shape index (κ1) is 24.4. The zero-order valence-corrected chi connectivity index (χ0v) is 21.4. The molecule has 3 heterocycles. The fourth-order valence-electron chi connectivity index (χ4n) is 4.41. The average molecular weight is 500 g/mol. The van der Waals surface area contributed by atoms with Crippen LogP contribution in [0.1, 0.15) is 50.5 Å². The summed E-state index contributed by atoms with van der Waals surface area (Å²) in [6.07, 6.45) is 2.88. The molecule has 1 saturated heterocycles. The summed E-state index contributed by atoms with van der Waals surface area (Å²) in [7, 11) is 1.58. The van der Waals surface area contributed by atoms with Crippen LogP contribution in [0, 0.1) is 17.8 Å². The smallest absolute Gasteiger partial charge is 0.410 e. The Bertz CT molecular complexity index is 1470. The number of amides is 1. The lowest BCUT2D eigenvalue weighted by molar-refractivity contribution is 0.0199. The van der Waals surface area contributed by atoms with Crippen molar-refractivity contribution in [3.8, 4) is 23.3 Å². The standard InChI is InChI=1S/C29H29N3O5/c1-29(2,3)37-28(34)32-15-13-18(14-16-32)9-10-20-24(35-4)12-11-21-26(33)25(36-27(20)21)17-23-19-7-5-6-8-22(19)30-31-23/h5-8,11-12,17-18,33H,13-16H2,1-4H3. The van der Waals surface area contributed by atoms with Crippen LogP contribution in [0.15, 0.2) is 51.0 Å². The first-order valence-corrected chi connectivity index (χ1v) is 12.3. The van der Waals surface area contributed by atoms with Crippen molar-refractivity contribution in [3.05, 3.63) is 53.3 Å². The van der Waals surface area contributed by atoms with Crippen LogP contribution < -0.4 is 4.74 Å². The summed E-state index contributed by atoms with van der Waals surface area (Å²) in [5, 5.41) is 19.9. The van der Waals surface area contributed by atoms with E-state index < -0.39 is 5.60 Å². The Labute approximate surface area is 215 Å². The monoisotopic (exact) mass is 499 g/mol. The molecule has 1 N–H and O–H groups in total. The first-order valence-electron chi connectivity index (χ1n) is 12.3. The molecule has 2 aliphatic heterocycles. The number of furan rings is 1. The number of piperidine rings is 1. The van der Waals surface area contributed by atoms with Gasteiger partial charge in [0.2, 0.25) is 0 Å². The lowest BCUT2D eigenvalue weighted by atomic mass is 9.97. The molecule has 0 unspecified atom stereocenters. The lowest BCUT2D eigenvalue weighted by Crippen LogP contribution is -2.41. The van der Waals surface area contributed by atoms with Gasteiger partial charge in [0.1, 0.15) is 16.9 Å². The Kier molecular flexibility index (Phi) is 6.38. The fourth-order valence-corrected chi connectivity index (χ4v) is 4.41. The molecule has 8 heteroatoms. The maximum Gasteiger partial charge on any atom is 0.410 e. The molecular formula is C29H29N3O5. The fraction of sp³-hybridized carbons (Fsp3) is 0.345. The number of nitrogens with zero attached hydrogens (tertiary/aromatic N) is 3. The Hall–Kier alpha value is -4.25. The molecule has 1 fully saturated rings. The highest BCUT2D eigenvalue weighted by atomic mass is 16.6. The Morgan fingerprint density at radius 3 is 2.65 bits per heavy atom. The maximum atomic E-state index is 12.4. The number of hydrogen-bond donors (Lipinski definition) is 1. The molecule has 0 atom stereocenters. The third-order valence-electron chi connectivity index (χ3n) is 6.30. The summed E-state index contributed by atoms with van der Waals surface area (Å²) >= 11 is 0. The minimum Gasteiger partial charge on any atom is -0.504 e. The van der Waals surface area contributed by atoms with E-state index in [1.165, 1.54) is 0 Å². The second-order valence-corrected chi connectivity index (χ2v) is 10.1. The van der Waals surface area contributed by atoms with E-state index in [4.69, 9.17) is 13.9 Å².